The van der Waals surface area contributed by atoms with Gasteiger partial charge in [-0.05, 0) is 61.7 Å². The normalized spacial score (nSPS) is 12.0. The lowest BCUT2D eigenvalue weighted by molar-refractivity contribution is 0.377. The van der Waals surface area contributed by atoms with Gasteiger partial charge < -0.3 is 15.2 Å². The summed E-state index contributed by atoms with van der Waals surface area (Å²) >= 11 is 6.06. The van der Waals surface area contributed by atoms with Gasteiger partial charge in [0.15, 0.2) is 11.5 Å². The number of nitrogens with two attached hydrogens (primary N) is 1. The summed E-state index contributed by atoms with van der Waals surface area (Å²) in [6.45, 7) is 3.97. The number of methoxy groups -OCH3 is 1. The van der Waals surface area contributed by atoms with Crippen LogP contribution in [0.5, 0.6) is 17.2 Å². The molecule has 0 radical (unpaired) electrons. The lowest BCUT2D eigenvalue weighted by Crippen LogP contribution is -2.18. The summed E-state index contributed by atoms with van der Waals surface area (Å²) in [7, 11) is 1.63. The van der Waals surface area contributed by atoms with Crippen LogP contribution in [0.15, 0.2) is 36.4 Å². The van der Waals surface area contributed by atoms with Gasteiger partial charge in [-0.2, -0.15) is 0 Å². The Morgan fingerprint density at radius 3 is 2.48 bits per heavy atom. The van der Waals surface area contributed by atoms with Gasteiger partial charge in [-0.15, -0.1) is 0 Å². The van der Waals surface area contributed by atoms with Gasteiger partial charge in [0.1, 0.15) is 5.75 Å². The molecule has 0 aliphatic rings. The Kier molecular flexibility index (Phi) is 5.10. The van der Waals surface area contributed by atoms with E-state index in [1.54, 1.807) is 7.11 Å². The van der Waals surface area contributed by atoms with Gasteiger partial charge in [0, 0.05) is 11.1 Å². The number of aryl methyl sites for hydroxylation is 1. The molecule has 0 aliphatic heterocycles. The Hall–Kier alpha value is -1.71. The molecule has 0 fully saturated rings. The fraction of sp³-hybridized carbons (Fsp3) is 0.294. The number of benzene rings is 2. The zero-order valence-electron chi connectivity index (χ0n) is 12.5. The van der Waals surface area contributed by atoms with Crippen LogP contribution in [-0.4, -0.2) is 13.2 Å². The van der Waals surface area contributed by atoms with Crippen LogP contribution in [-0.2, 0) is 6.42 Å². The van der Waals surface area contributed by atoms with Crippen LogP contribution in [0.2, 0.25) is 5.02 Å². The Morgan fingerprint density at radius 1 is 1.10 bits per heavy atom. The fourth-order valence-electron chi connectivity index (χ4n) is 2.13. The highest BCUT2D eigenvalue weighted by Crippen LogP contribution is 2.35. The van der Waals surface area contributed by atoms with Crippen molar-refractivity contribution in [3.63, 3.8) is 0 Å². The van der Waals surface area contributed by atoms with Crippen LogP contribution in [0.1, 0.15) is 18.1 Å². The van der Waals surface area contributed by atoms with Gasteiger partial charge in [0.2, 0.25) is 0 Å². The predicted octanol–water partition coefficient (Wildman–Crippen LogP) is 4.34. The second-order valence-corrected chi connectivity index (χ2v) is 5.63. The largest absolute Gasteiger partial charge is 0.493 e. The van der Waals surface area contributed by atoms with Crippen molar-refractivity contribution in [3.8, 4) is 17.2 Å². The van der Waals surface area contributed by atoms with Gasteiger partial charge in [-0.3, -0.25) is 0 Å². The molecule has 0 spiro atoms. The summed E-state index contributed by atoms with van der Waals surface area (Å²) in [5.41, 5.74) is 7.99. The molecular formula is C17H20ClNO2. The first-order valence-electron chi connectivity index (χ1n) is 6.86. The van der Waals surface area contributed by atoms with E-state index in [2.05, 4.69) is 0 Å². The monoisotopic (exact) mass is 305 g/mol. The summed E-state index contributed by atoms with van der Waals surface area (Å²) in [5.74, 6) is 2.13. The quantitative estimate of drug-likeness (QED) is 0.893. The highest BCUT2D eigenvalue weighted by atomic mass is 35.5. The van der Waals surface area contributed by atoms with Crippen molar-refractivity contribution in [2.45, 2.75) is 26.3 Å². The lowest BCUT2D eigenvalue weighted by Gasteiger charge is -2.15. The van der Waals surface area contributed by atoms with E-state index in [0.717, 1.165) is 16.9 Å². The van der Waals surface area contributed by atoms with Crippen molar-refractivity contribution in [1.82, 2.24) is 0 Å². The van der Waals surface area contributed by atoms with Gasteiger partial charge in [-0.25, -0.2) is 0 Å². The summed E-state index contributed by atoms with van der Waals surface area (Å²) in [4.78, 5) is 0. The van der Waals surface area contributed by atoms with E-state index < -0.39 is 0 Å². The van der Waals surface area contributed by atoms with Gasteiger partial charge >= 0.3 is 0 Å². The van der Waals surface area contributed by atoms with Crippen molar-refractivity contribution in [2.75, 3.05) is 7.11 Å². The molecule has 0 heterocycles. The third kappa shape index (κ3) is 4.13. The molecule has 3 nitrogen and oxygen atoms in total. The molecule has 4 heteroatoms. The Labute approximate surface area is 130 Å². The molecular weight excluding hydrogens is 286 g/mol. The Morgan fingerprint density at radius 2 is 1.81 bits per heavy atom. The van der Waals surface area contributed by atoms with E-state index >= 15 is 0 Å². The summed E-state index contributed by atoms with van der Waals surface area (Å²) in [6.07, 6.45) is 0.698. The molecule has 2 aromatic carbocycles. The first kappa shape index (κ1) is 15.7. The molecule has 0 amide bonds. The van der Waals surface area contributed by atoms with Crippen molar-refractivity contribution in [1.29, 1.82) is 0 Å². The minimum absolute atomic E-state index is 0.0331. The SMILES string of the molecule is COc1cc(C)ccc1Oc1ccc(Cl)cc1CC(C)N. The molecule has 0 bridgehead atoms. The molecule has 2 rings (SSSR count). The van der Waals surface area contributed by atoms with E-state index in [0.29, 0.717) is 22.9 Å². The Balaban J connectivity index is 2.35. The number of hydrogen-bond donors (Lipinski definition) is 1. The molecule has 2 N–H and O–H groups in total. The van der Waals surface area contributed by atoms with Gasteiger partial charge in [-0.1, -0.05) is 17.7 Å². The zero-order chi connectivity index (χ0) is 15.4. The van der Waals surface area contributed by atoms with Crippen LogP contribution < -0.4 is 15.2 Å². The maximum atomic E-state index is 6.06. The number of halogens is 1. The highest BCUT2D eigenvalue weighted by Gasteiger charge is 2.11. The second-order valence-electron chi connectivity index (χ2n) is 5.19. The minimum atomic E-state index is 0.0331. The molecule has 0 saturated carbocycles. The van der Waals surface area contributed by atoms with Crippen molar-refractivity contribution < 1.29 is 9.47 Å². The predicted molar refractivity (Wildman–Crippen MR) is 86.6 cm³/mol. The average Bonchev–Trinajstić information content (AvgIpc) is 2.42. The molecule has 21 heavy (non-hydrogen) atoms. The molecule has 0 aromatic heterocycles. The number of ether oxygens (including phenoxy) is 2. The maximum absolute atomic E-state index is 6.06. The first-order valence-corrected chi connectivity index (χ1v) is 7.24. The van der Waals surface area contributed by atoms with Crippen molar-refractivity contribution in [3.05, 3.63) is 52.5 Å². The van der Waals surface area contributed by atoms with E-state index in [9.17, 15) is 0 Å². The van der Waals surface area contributed by atoms with E-state index in [4.69, 9.17) is 26.8 Å². The smallest absolute Gasteiger partial charge is 0.169 e. The van der Waals surface area contributed by atoms with Crippen molar-refractivity contribution >= 4 is 11.6 Å². The molecule has 0 saturated heterocycles. The Bertz CT molecular complexity index is 626. The number of hydrogen-bond acceptors (Lipinski definition) is 3. The van der Waals surface area contributed by atoms with Crippen LogP contribution in [0.25, 0.3) is 0 Å². The average molecular weight is 306 g/mol. The third-order valence-electron chi connectivity index (χ3n) is 3.10. The van der Waals surface area contributed by atoms with Crippen LogP contribution in [0, 0.1) is 6.92 Å². The molecule has 2 aromatic rings. The lowest BCUT2D eigenvalue weighted by atomic mass is 10.1. The van der Waals surface area contributed by atoms with E-state index in [1.807, 2.05) is 50.2 Å². The second kappa shape index (κ2) is 6.83. The van der Waals surface area contributed by atoms with Crippen LogP contribution in [0.3, 0.4) is 0 Å². The standard InChI is InChI=1S/C17H20ClNO2/c1-11-4-6-16(17(8-11)20-3)21-15-7-5-14(18)10-13(15)9-12(2)19/h4-8,10,12H,9,19H2,1-3H3. The van der Waals surface area contributed by atoms with Crippen LogP contribution >= 0.6 is 11.6 Å². The maximum Gasteiger partial charge on any atom is 0.169 e. The molecule has 1 unspecified atom stereocenters. The van der Waals surface area contributed by atoms with Gasteiger partial charge in [0.25, 0.3) is 0 Å². The summed E-state index contributed by atoms with van der Waals surface area (Å²) < 4.78 is 11.4. The van der Waals surface area contributed by atoms with Crippen molar-refractivity contribution in [2.24, 2.45) is 5.73 Å². The highest BCUT2D eigenvalue weighted by molar-refractivity contribution is 6.30. The third-order valence-corrected chi connectivity index (χ3v) is 3.34. The van der Waals surface area contributed by atoms with E-state index in [1.165, 1.54) is 0 Å². The topological polar surface area (TPSA) is 44.5 Å². The van der Waals surface area contributed by atoms with E-state index in [-0.39, 0.29) is 6.04 Å². The van der Waals surface area contributed by atoms with Gasteiger partial charge in [0.05, 0.1) is 7.11 Å². The molecule has 1 atom stereocenters. The molecule has 112 valence electrons. The number of rotatable bonds is 5. The zero-order valence-corrected chi connectivity index (χ0v) is 13.3. The summed E-state index contributed by atoms with van der Waals surface area (Å²) in [5, 5.41) is 0.675. The first-order chi connectivity index (χ1) is 9.99. The fourth-order valence-corrected chi connectivity index (χ4v) is 2.33. The van der Waals surface area contributed by atoms with Crippen LogP contribution in [0.4, 0.5) is 0 Å². The minimum Gasteiger partial charge on any atom is -0.493 e. The summed E-state index contributed by atoms with van der Waals surface area (Å²) in [6, 6.07) is 11.4. The molecule has 0 aliphatic carbocycles.